The fourth-order valence-corrected chi connectivity index (χ4v) is 3.83. The molecule has 252 valence electrons. The summed E-state index contributed by atoms with van der Waals surface area (Å²) in [6, 6.07) is 11.0. The van der Waals surface area contributed by atoms with Crippen molar-refractivity contribution in [2.24, 2.45) is 0 Å². The number of carboxylic acid groups (broad SMARTS) is 1. The number of phenolic OH excluding ortho intramolecular Hbond substituents is 6. The molecule has 3 unspecified atom stereocenters. The van der Waals surface area contributed by atoms with Crippen molar-refractivity contribution >= 4 is 42.1 Å². The van der Waals surface area contributed by atoms with Gasteiger partial charge in [0.1, 0.15) is 12.7 Å². The van der Waals surface area contributed by atoms with E-state index in [4.69, 9.17) is 14.2 Å². The number of rotatable bonds is 14. The molecule has 3 rings (SSSR count). The number of carbonyl (C=O) groups excluding carboxylic acids is 3. The van der Waals surface area contributed by atoms with Crippen LogP contribution in [-0.2, 0) is 33.4 Å². The molecule has 0 aliphatic carbocycles. The van der Waals surface area contributed by atoms with Gasteiger partial charge in [-0.1, -0.05) is 18.2 Å². The van der Waals surface area contributed by atoms with E-state index < -0.39 is 89.7 Å². The molecule has 0 radical (unpaired) electrons. The first-order valence-electron chi connectivity index (χ1n) is 13.8. The minimum absolute atomic E-state index is 0.250. The molecule has 0 bridgehead atoms. The molecular formula is C33H30O15. The maximum Gasteiger partial charge on any atom is 0.332 e. The molecule has 0 heterocycles. The molecule has 0 saturated carbocycles. The van der Waals surface area contributed by atoms with Crippen LogP contribution in [0.4, 0.5) is 0 Å². The first kappa shape index (κ1) is 36.0. The molecule has 0 spiro atoms. The molecule has 3 aromatic rings. The number of esters is 3. The Morgan fingerprint density at radius 1 is 0.562 bits per heavy atom. The van der Waals surface area contributed by atoms with Gasteiger partial charge < -0.3 is 55.1 Å². The van der Waals surface area contributed by atoms with Gasteiger partial charge in [0.05, 0.1) is 0 Å². The van der Waals surface area contributed by atoms with E-state index >= 15 is 0 Å². The maximum absolute atomic E-state index is 12.8. The summed E-state index contributed by atoms with van der Waals surface area (Å²) in [5, 5.41) is 76.7. The summed E-state index contributed by atoms with van der Waals surface area (Å²) >= 11 is 0. The average Bonchev–Trinajstić information content (AvgIpc) is 3.04. The zero-order chi connectivity index (χ0) is 35.4. The number of phenols is 6. The Balaban J connectivity index is 1.85. The number of carboxylic acids is 1. The summed E-state index contributed by atoms with van der Waals surface area (Å²) in [4.78, 5) is 49.4. The van der Waals surface area contributed by atoms with Crippen molar-refractivity contribution in [2.45, 2.75) is 24.7 Å². The van der Waals surface area contributed by atoms with Crippen LogP contribution in [0, 0.1) is 0 Å². The molecule has 8 N–H and O–H groups in total. The predicted molar refractivity (Wildman–Crippen MR) is 165 cm³/mol. The summed E-state index contributed by atoms with van der Waals surface area (Å²) in [5.41, 5.74) is 0.798. The molecule has 0 aliphatic heterocycles. The largest absolute Gasteiger partial charge is 0.504 e. The van der Waals surface area contributed by atoms with Crippen LogP contribution in [0.2, 0.25) is 0 Å². The van der Waals surface area contributed by atoms with Crippen molar-refractivity contribution in [3.05, 3.63) is 89.5 Å². The fraction of sp³-hybridized carbons (Fsp3) is 0.152. The van der Waals surface area contributed by atoms with Crippen LogP contribution in [0.25, 0.3) is 18.2 Å². The first-order chi connectivity index (χ1) is 22.7. The molecule has 15 heteroatoms. The fourth-order valence-electron chi connectivity index (χ4n) is 3.83. The topological polar surface area (TPSA) is 258 Å². The van der Waals surface area contributed by atoms with Crippen molar-refractivity contribution < 1.29 is 74.2 Å². The zero-order valence-electron chi connectivity index (χ0n) is 24.7. The average molecular weight is 667 g/mol. The van der Waals surface area contributed by atoms with Crippen molar-refractivity contribution in [1.29, 1.82) is 0 Å². The van der Waals surface area contributed by atoms with Crippen molar-refractivity contribution in [2.75, 3.05) is 6.61 Å². The normalized spacial score (nSPS) is 13.3. The molecular weight excluding hydrogens is 636 g/mol. The predicted octanol–water partition coefficient (Wildman–Crippen LogP) is 2.56. The summed E-state index contributed by atoms with van der Waals surface area (Å²) in [6.07, 6.45) is -0.139. The lowest BCUT2D eigenvalue weighted by Crippen LogP contribution is -2.42. The third-order valence-corrected chi connectivity index (χ3v) is 6.31. The van der Waals surface area contributed by atoms with E-state index in [1.165, 1.54) is 42.5 Å². The van der Waals surface area contributed by atoms with E-state index in [1.807, 2.05) is 0 Å². The van der Waals surface area contributed by atoms with Crippen LogP contribution in [-0.4, -0.2) is 89.6 Å². The number of carbonyl (C=O) groups is 4. The van der Waals surface area contributed by atoms with Gasteiger partial charge in [0, 0.05) is 24.6 Å². The molecule has 3 aromatic carbocycles. The number of ether oxygens (including phenoxy) is 3. The van der Waals surface area contributed by atoms with Crippen LogP contribution in [0.3, 0.4) is 0 Å². The van der Waals surface area contributed by atoms with E-state index in [0.29, 0.717) is 5.56 Å². The lowest BCUT2D eigenvalue weighted by atomic mass is 10.1. The Hall–Kier alpha value is -6.48. The number of benzene rings is 3. The number of hydrogen-bond donors (Lipinski definition) is 8. The quantitative estimate of drug-likeness (QED) is 0.0532. The van der Waals surface area contributed by atoms with Crippen LogP contribution >= 0.6 is 0 Å². The van der Waals surface area contributed by atoms with E-state index in [-0.39, 0.29) is 11.1 Å². The van der Waals surface area contributed by atoms with Gasteiger partial charge in [0.2, 0.25) is 0 Å². The molecule has 0 aromatic heterocycles. The van der Waals surface area contributed by atoms with E-state index in [0.717, 1.165) is 48.6 Å². The number of aliphatic hydroxyl groups is 1. The van der Waals surface area contributed by atoms with E-state index in [9.17, 15) is 60.0 Å². The Bertz CT molecular complexity index is 1740. The van der Waals surface area contributed by atoms with Crippen molar-refractivity contribution in [3.8, 4) is 34.5 Å². The van der Waals surface area contributed by atoms with Gasteiger partial charge in [-0.2, -0.15) is 0 Å². The van der Waals surface area contributed by atoms with Gasteiger partial charge in [0.25, 0.3) is 0 Å². The second kappa shape index (κ2) is 16.7. The molecule has 0 amide bonds. The monoisotopic (exact) mass is 666 g/mol. The minimum atomic E-state index is -2.13. The van der Waals surface area contributed by atoms with Gasteiger partial charge in [-0.05, 0) is 71.3 Å². The number of aliphatic carboxylic acids is 1. The second-order valence-corrected chi connectivity index (χ2v) is 9.91. The van der Waals surface area contributed by atoms with Gasteiger partial charge in [0.15, 0.2) is 46.7 Å². The zero-order valence-corrected chi connectivity index (χ0v) is 24.7. The van der Waals surface area contributed by atoms with Gasteiger partial charge in [-0.25, -0.2) is 19.2 Å². The highest BCUT2D eigenvalue weighted by Crippen LogP contribution is 2.27. The number of aliphatic hydroxyl groups excluding tert-OH is 1. The highest BCUT2D eigenvalue weighted by atomic mass is 16.6. The Labute approximate surface area is 271 Å². The van der Waals surface area contributed by atoms with Gasteiger partial charge in [-0.3, -0.25) is 0 Å². The summed E-state index contributed by atoms with van der Waals surface area (Å²) in [5.74, 6) is -7.59. The molecule has 0 saturated heterocycles. The SMILES string of the molecule is O=C(/C=C/c1ccc(O)c(O)c1)OCC(OC(=O)/C=C/c1ccc(O)c(O)c1)C(CC(O)C(=O)O)OC(=O)/C=C/c1ccc(O)c(O)c1. The molecule has 3 atom stereocenters. The van der Waals surface area contributed by atoms with E-state index in [1.54, 1.807) is 0 Å². The number of hydrogen-bond acceptors (Lipinski definition) is 14. The van der Waals surface area contributed by atoms with Crippen LogP contribution in [0.15, 0.2) is 72.8 Å². The van der Waals surface area contributed by atoms with Gasteiger partial charge in [-0.15, -0.1) is 0 Å². The Kier molecular flexibility index (Phi) is 12.5. The van der Waals surface area contributed by atoms with Crippen LogP contribution in [0.5, 0.6) is 34.5 Å². The highest BCUT2D eigenvalue weighted by molar-refractivity contribution is 5.89. The number of aromatic hydroxyl groups is 6. The second-order valence-electron chi connectivity index (χ2n) is 9.91. The van der Waals surface area contributed by atoms with Crippen LogP contribution < -0.4 is 0 Å². The molecule has 15 nitrogen and oxygen atoms in total. The Morgan fingerprint density at radius 2 is 0.938 bits per heavy atom. The van der Waals surface area contributed by atoms with E-state index in [2.05, 4.69) is 0 Å². The smallest absolute Gasteiger partial charge is 0.332 e. The first-order valence-corrected chi connectivity index (χ1v) is 13.8. The van der Waals surface area contributed by atoms with Crippen molar-refractivity contribution in [1.82, 2.24) is 0 Å². The molecule has 0 fully saturated rings. The lowest BCUT2D eigenvalue weighted by molar-refractivity contribution is -0.173. The third-order valence-electron chi connectivity index (χ3n) is 6.31. The Morgan fingerprint density at radius 3 is 1.31 bits per heavy atom. The highest BCUT2D eigenvalue weighted by Gasteiger charge is 2.33. The maximum atomic E-state index is 12.8. The minimum Gasteiger partial charge on any atom is -0.504 e. The van der Waals surface area contributed by atoms with Crippen LogP contribution in [0.1, 0.15) is 23.1 Å². The van der Waals surface area contributed by atoms with Crippen molar-refractivity contribution in [3.63, 3.8) is 0 Å². The lowest BCUT2D eigenvalue weighted by Gasteiger charge is -2.26. The summed E-state index contributed by atoms with van der Waals surface area (Å²) in [6.45, 7) is -0.816. The summed E-state index contributed by atoms with van der Waals surface area (Å²) in [7, 11) is 0. The summed E-state index contributed by atoms with van der Waals surface area (Å²) < 4.78 is 15.8. The molecule has 48 heavy (non-hydrogen) atoms. The van der Waals surface area contributed by atoms with Gasteiger partial charge >= 0.3 is 23.9 Å². The molecule has 0 aliphatic rings. The third kappa shape index (κ3) is 11.1. The standard InChI is InChI=1S/C33H30O15/c34-21-7-1-18(13-24(21)37)4-10-30(41)46-17-29(48-32(43)12-6-20-3-9-23(36)26(39)15-20)28(16-27(40)33(44)45)47-31(42)11-5-19-2-8-22(35)25(38)14-19/h1-15,27-29,34-40H,16-17H2,(H,44,45)/b10-4+,11-5+,12-6+.